The highest BCUT2D eigenvalue weighted by Gasteiger charge is 2.36. The summed E-state index contributed by atoms with van der Waals surface area (Å²) in [7, 11) is 0. The maximum atomic E-state index is 13.4. The topological polar surface area (TPSA) is 81.3 Å². The number of fused-ring (bicyclic) bond motifs is 3. The van der Waals surface area contributed by atoms with Gasteiger partial charge in [0.25, 0.3) is 0 Å². The molecule has 0 aliphatic carbocycles. The number of thioether (sulfide) groups is 1. The number of anilines is 1. The number of halogens is 1. The number of carbonyl (C=O) groups is 1. The summed E-state index contributed by atoms with van der Waals surface area (Å²) in [6, 6.07) is 16.9. The molecule has 5 rings (SSSR count). The summed E-state index contributed by atoms with van der Waals surface area (Å²) in [5.41, 5.74) is 2.47. The largest absolute Gasteiger partial charge is 0.455 e. The molecule has 2 aromatic carbocycles. The molecule has 2 aromatic heterocycles. The zero-order chi connectivity index (χ0) is 24.4. The van der Waals surface area contributed by atoms with Crippen LogP contribution >= 0.6 is 11.8 Å². The van der Waals surface area contributed by atoms with Crippen molar-refractivity contribution in [1.82, 2.24) is 15.2 Å². The molecule has 0 bridgehead atoms. The molecule has 7 nitrogen and oxygen atoms in total. The van der Waals surface area contributed by atoms with Crippen LogP contribution in [0.15, 0.2) is 70.2 Å². The van der Waals surface area contributed by atoms with E-state index in [1.54, 1.807) is 24.3 Å². The molecule has 0 radical (unpaired) electrons. The van der Waals surface area contributed by atoms with Gasteiger partial charge in [0.2, 0.25) is 23.2 Å². The summed E-state index contributed by atoms with van der Waals surface area (Å²) in [5, 5.41) is 9.22. The highest BCUT2D eigenvalue weighted by Crippen LogP contribution is 2.44. The van der Waals surface area contributed by atoms with Gasteiger partial charge in [0, 0.05) is 23.8 Å². The van der Waals surface area contributed by atoms with Crippen molar-refractivity contribution in [3.8, 4) is 28.5 Å². The van der Waals surface area contributed by atoms with Crippen LogP contribution in [0.2, 0.25) is 0 Å². The average Bonchev–Trinajstić information content (AvgIpc) is 3.29. The minimum absolute atomic E-state index is 0.236. The van der Waals surface area contributed by atoms with E-state index >= 15 is 0 Å². The van der Waals surface area contributed by atoms with Crippen LogP contribution in [0.3, 0.4) is 0 Å². The second-order valence-electron chi connectivity index (χ2n) is 8.04. The quantitative estimate of drug-likeness (QED) is 0.233. The Hall–Kier alpha value is -3.72. The molecule has 1 aliphatic heterocycles. The van der Waals surface area contributed by atoms with Gasteiger partial charge in [-0.1, -0.05) is 43.3 Å². The van der Waals surface area contributed by atoms with Crippen molar-refractivity contribution in [3.63, 3.8) is 0 Å². The third-order valence-corrected chi connectivity index (χ3v) is 6.50. The lowest BCUT2D eigenvalue weighted by molar-refractivity contribution is -0.118. The highest BCUT2D eigenvalue weighted by atomic mass is 32.2. The van der Waals surface area contributed by atoms with E-state index in [4.69, 9.17) is 9.15 Å². The Morgan fingerprint density at radius 3 is 2.66 bits per heavy atom. The van der Waals surface area contributed by atoms with Crippen LogP contribution in [-0.4, -0.2) is 26.8 Å². The van der Waals surface area contributed by atoms with E-state index in [0.29, 0.717) is 39.2 Å². The number of amides is 1. The predicted octanol–water partition coefficient (Wildman–Crippen LogP) is 6.27. The second kappa shape index (κ2) is 9.87. The normalized spacial score (nSPS) is 14.6. The van der Waals surface area contributed by atoms with E-state index in [9.17, 15) is 9.18 Å². The molecular weight excluding hydrogens is 467 g/mol. The number of carbonyl (C=O) groups excluding carboxylic acids is 1. The Morgan fingerprint density at radius 1 is 1.09 bits per heavy atom. The number of unbranched alkanes of at least 4 members (excludes halogenated alkanes) is 1. The first-order valence-corrected chi connectivity index (χ1v) is 12.3. The summed E-state index contributed by atoms with van der Waals surface area (Å²) < 4.78 is 25.8. The second-order valence-corrected chi connectivity index (χ2v) is 9.10. The molecule has 3 heterocycles. The fourth-order valence-corrected chi connectivity index (χ4v) is 4.72. The van der Waals surface area contributed by atoms with Crippen molar-refractivity contribution in [2.45, 2.75) is 38.1 Å². The molecule has 4 aromatic rings. The molecule has 1 atom stereocenters. The Bertz CT molecular complexity index is 1360. The van der Waals surface area contributed by atoms with Crippen molar-refractivity contribution in [1.29, 1.82) is 0 Å². The number of para-hydroxylation sites is 1. The lowest BCUT2D eigenvalue weighted by Crippen LogP contribution is -2.35. The van der Waals surface area contributed by atoms with E-state index in [0.717, 1.165) is 18.6 Å². The van der Waals surface area contributed by atoms with Crippen molar-refractivity contribution in [2.75, 3.05) is 10.7 Å². The lowest BCUT2D eigenvalue weighted by atomic mass is 10.1. The Kier molecular flexibility index (Phi) is 6.50. The minimum Gasteiger partial charge on any atom is -0.455 e. The Labute approximate surface area is 206 Å². The van der Waals surface area contributed by atoms with E-state index in [1.165, 1.54) is 35.7 Å². The number of ether oxygens (including phenoxy) is 1. The summed E-state index contributed by atoms with van der Waals surface area (Å²) in [6.45, 7) is 3.60. The number of nitrogens with zero attached hydrogens (tertiary/aromatic N) is 4. The predicted molar refractivity (Wildman–Crippen MR) is 132 cm³/mol. The van der Waals surface area contributed by atoms with Crippen molar-refractivity contribution >= 4 is 23.4 Å². The fourth-order valence-electron chi connectivity index (χ4n) is 3.86. The molecule has 9 heteroatoms. The van der Waals surface area contributed by atoms with Crippen molar-refractivity contribution < 1.29 is 18.3 Å². The van der Waals surface area contributed by atoms with Crippen molar-refractivity contribution in [3.05, 3.63) is 72.2 Å². The van der Waals surface area contributed by atoms with Gasteiger partial charge in [0.15, 0.2) is 11.5 Å². The van der Waals surface area contributed by atoms with E-state index in [1.807, 2.05) is 24.3 Å². The summed E-state index contributed by atoms with van der Waals surface area (Å²) in [4.78, 5) is 19.1. The molecule has 1 aliphatic rings. The smallest absolute Gasteiger partial charge is 0.247 e. The highest BCUT2D eigenvalue weighted by molar-refractivity contribution is 7.99. The van der Waals surface area contributed by atoms with Gasteiger partial charge in [-0.25, -0.2) is 4.39 Å². The number of benzene rings is 2. The first kappa shape index (κ1) is 23.0. The van der Waals surface area contributed by atoms with Crippen LogP contribution < -0.4 is 9.64 Å². The van der Waals surface area contributed by atoms with Crippen LogP contribution in [0.5, 0.6) is 5.88 Å². The molecule has 0 fully saturated rings. The van der Waals surface area contributed by atoms with E-state index in [-0.39, 0.29) is 17.6 Å². The van der Waals surface area contributed by atoms with Crippen LogP contribution in [0.1, 0.15) is 38.7 Å². The standard InChI is InChI=1S/C26H23FN4O3S/c1-3-4-15-35-26-28-24-23(29-30-26)19-7-5-6-8-20(19)31(16(2)32)25(34-24)22-14-13-21(33-22)17-9-11-18(27)12-10-17/h5-14,25H,3-4,15H2,1-2H3. The monoisotopic (exact) mass is 490 g/mol. The average molecular weight is 491 g/mol. The molecular formula is C26H23FN4O3S. The number of hydrogen-bond donors (Lipinski definition) is 0. The van der Waals surface area contributed by atoms with Gasteiger partial charge in [-0.15, -0.1) is 10.2 Å². The third kappa shape index (κ3) is 4.64. The van der Waals surface area contributed by atoms with Crippen LogP contribution in [-0.2, 0) is 4.79 Å². The van der Waals surface area contributed by atoms with Gasteiger partial charge in [-0.3, -0.25) is 9.69 Å². The fraction of sp³-hybridized carbons (Fsp3) is 0.231. The lowest BCUT2D eigenvalue weighted by Gasteiger charge is -2.28. The van der Waals surface area contributed by atoms with Crippen molar-refractivity contribution in [2.24, 2.45) is 0 Å². The molecule has 178 valence electrons. The molecule has 0 saturated heterocycles. The van der Waals surface area contributed by atoms with E-state index in [2.05, 4.69) is 22.1 Å². The Morgan fingerprint density at radius 2 is 1.89 bits per heavy atom. The maximum absolute atomic E-state index is 13.4. The third-order valence-electron chi connectivity index (χ3n) is 5.58. The van der Waals surface area contributed by atoms with Gasteiger partial charge < -0.3 is 9.15 Å². The SMILES string of the molecule is CCCCSc1nnc2c(n1)OC(c1ccc(-c3ccc(F)cc3)o1)N(C(C)=O)c1ccccc1-2. The van der Waals surface area contributed by atoms with Gasteiger partial charge in [0.05, 0.1) is 5.69 Å². The maximum Gasteiger partial charge on any atom is 0.247 e. The molecule has 0 N–H and O–H groups in total. The minimum atomic E-state index is -0.922. The summed E-state index contributed by atoms with van der Waals surface area (Å²) >= 11 is 1.51. The van der Waals surface area contributed by atoms with Gasteiger partial charge in [-0.2, -0.15) is 4.98 Å². The zero-order valence-corrected chi connectivity index (χ0v) is 20.1. The van der Waals surface area contributed by atoms with Crippen LogP contribution in [0.25, 0.3) is 22.6 Å². The molecule has 1 amide bonds. The zero-order valence-electron chi connectivity index (χ0n) is 19.3. The molecule has 1 unspecified atom stereocenters. The Balaban J connectivity index is 1.59. The summed E-state index contributed by atoms with van der Waals surface area (Å²) in [6.07, 6.45) is 1.18. The summed E-state index contributed by atoms with van der Waals surface area (Å²) in [5.74, 6) is 1.52. The van der Waals surface area contributed by atoms with Crippen LogP contribution in [0, 0.1) is 5.82 Å². The first-order valence-electron chi connectivity index (χ1n) is 11.3. The van der Waals surface area contributed by atoms with Gasteiger partial charge in [0.1, 0.15) is 11.6 Å². The number of hydrogen-bond acceptors (Lipinski definition) is 7. The molecule has 0 saturated carbocycles. The molecule has 35 heavy (non-hydrogen) atoms. The number of aromatic nitrogens is 3. The number of furan rings is 1. The molecule has 0 spiro atoms. The van der Waals surface area contributed by atoms with Crippen LogP contribution in [0.4, 0.5) is 10.1 Å². The first-order chi connectivity index (χ1) is 17.0. The van der Waals surface area contributed by atoms with Gasteiger partial charge >= 0.3 is 0 Å². The van der Waals surface area contributed by atoms with E-state index < -0.39 is 6.23 Å². The van der Waals surface area contributed by atoms with Gasteiger partial charge in [-0.05, 0) is 48.9 Å². The number of rotatable bonds is 6.